The Morgan fingerprint density at radius 2 is 1.60 bits per heavy atom. The van der Waals surface area contributed by atoms with Gasteiger partial charge in [-0.05, 0) is 42.3 Å². The molecule has 1 aliphatic heterocycles. The van der Waals surface area contributed by atoms with Crippen LogP contribution in [0.1, 0.15) is 32.7 Å². The van der Waals surface area contributed by atoms with Crippen molar-refractivity contribution in [2.45, 2.75) is 13.0 Å². The van der Waals surface area contributed by atoms with E-state index in [4.69, 9.17) is 14.2 Å². The summed E-state index contributed by atoms with van der Waals surface area (Å²) in [5.74, 6) is 0.469. The molecule has 1 aliphatic rings. The second-order valence-electron chi connectivity index (χ2n) is 9.60. The standard InChI is InChI=1S/C31H38N4O5/c1-38-19-7-14-32-30(36)27-20-24(33-31(37)26-12-11-25(39-2)21-29(26)40-3)10-13-28(27)35-17-15-34(16-18-35)22-23-8-5-4-6-9-23/h4-6,8-13,20-21H,7,14-19,22H2,1-3H3,(H,32,36)(H,33,37). The number of hydrogen-bond donors (Lipinski definition) is 2. The predicted molar refractivity (Wildman–Crippen MR) is 157 cm³/mol. The SMILES string of the molecule is COCCCNC(=O)c1cc(NC(=O)c2ccc(OC)cc2OC)ccc1N1CCN(Cc2ccccc2)CC1. The smallest absolute Gasteiger partial charge is 0.259 e. The molecule has 9 heteroatoms. The van der Waals surface area contributed by atoms with E-state index in [1.54, 1.807) is 38.5 Å². The van der Waals surface area contributed by atoms with Crippen LogP contribution in [0.15, 0.2) is 66.7 Å². The van der Waals surface area contributed by atoms with Crippen molar-refractivity contribution in [1.29, 1.82) is 0 Å². The lowest BCUT2D eigenvalue weighted by Crippen LogP contribution is -2.46. The van der Waals surface area contributed by atoms with Crippen LogP contribution < -0.4 is 25.0 Å². The molecule has 2 N–H and O–H groups in total. The lowest BCUT2D eigenvalue weighted by molar-refractivity contribution is 0.0947. The molecule has 1 fully saturated rings. The van der Waals surface area contributed by atoms with Crippen LogP contribution in [0.3, 0.4) is 0 Å². The number of hydrogen-bond acceptors (Lipinski definition) is 7. The van der Waals surface area contributed by atoms with Crippen molar-refractivity contribution < 1.29 is 23.8 Å². The average molecular weight is 547 g/mol. The summed E-state index contributed by atoms with van der Waals surface area (Å²) in [5, 5.41) is 5.92. The number of amides is 2. The molecule has 1 heterocycles. The van der Waals surface area contributed by atoms with Crippen LogP contribution in [0, 0.1) is 0 Å². The summed E-state index contributed by atoms with van der Waals surface area (Å²) in [6.45, 7) is 5.34. The first kappa shape index (κ1) is 28.9. The van der Waals surface area contributed by atoms with Crippen LogP contribution >= 0.6 is 0 Å². The van der Waals surface area contributed by atoms with Gasteiger partial charge in [0.2, 0.25) is 0 Å². The Morgan fingerprint density at radius 1 is 0.825 bits per heavy atom. The van der Waals surface area contributed by atoms with Crippen molar-refractivity contribution >= 4 is 23.2 Å². The monoisotopic (exact) mass is 546 g/mol. The number of benzene rings is 3. The van der Waals surface area contributed by atoms with Gasteiger partial charge in [0, 0.05) is 70.4 Å². The molecule has 0 aliphatic carbocycles. The first-order valence-corrected chi connectivity index (χ1v) is 13.5. The van der Waals surface area contributed by atoms with Crippen LogP contribution in [0.5, 0.6) is 11.5 Å². The topological polar surface area (TPSA) is 92.4 Å². The maximum atomic E-state index is 13.3. The largest absolute Gasteiger partial charge is 0.497 e. The third-order valence-corrected chi connectivity index (χ3v) is 6.93. The van der Waals surface area contributed by atoms with Crippen molar-refractivity contribution in [3.8, 4) is 11.5 Å². The Bertz CT molecular complexity index is 1280. The summed E-state index contributed by atoms with van der Waals surface area (Å²) in [6, 6.07) is 21.0. The highest BCUT2D eigenvalue weighted by atomic mass is 16.5. The molecular weight excluding hydrogens is 508 g/mol. The maximum absolute atomic E-state index is 13.3. The first-order chi connectivity index (χ1) is 19.5. The van der Waals surface area contributed by atoms with E-state index in [2.05, 4.69) is 44.7 Å². The van der Waals surface area contributed by atoms with E-state index in [9.17, 15) is 9.59 Å². The highest BCUT2D eigenvalue weighted by Gasteiger charge is 2.23. The molecule has 9 nitrogen and oxygen atoms in total. The number of piperazine rings is 1. The van der Waals surface area contributed by atoms with Gasteiger partial charge in [-0.1, -0.05) is 30.3 Å². The Morgan fingerprint density at radius 3 is 2.30 bits per heavy atom. The van der Waals surface area contributed by atoms with Crippen LogP contribution in [0.2, 0.25) is 0 Å². The molecule has 0 bridgehead atoms. The van der Waals surface area contributed by atoms with Crippen molar-refractivity contribution in [3.05, 3.63) is 83.4 Å². The van der Waals surface area contributed by atoms with Gasteiger partial charge in [0.1, 0.15) is 11.5 Å². The molecule has 1 saturated heterocycles. The normalized spacial score (nSPS) is 13.5. The number of carbonyl (C=O) groups excluding carboxylic acids is 2. The van der Waals surface area contributed by atoms with Crippen molar-refractivity contribution in [2.24, 2.45) is 0 Å². The lowest BCUT2D eigenvalue weighted by atomic mass is 10.1. The quantitative estimate of drug-likeness (QED) is 0.331. The third kappa shape index (κ3) is 7.52. The van der Waals surface area contributed by atoms with Crippen LogP contribution in [-0.4, -0.2) is 77.4 Å². The molecule has 212 valence electrons. The average Bonchev–Trinajstić information content (AvgIpc) is 2.99. The van der Waals surface area contributed by atoms with Gasteiger partial charge >= 0.3 is 0 Å². The molecule has 0 unspecified atom stereocenters. The molecule has 40 heavy (non-hydrogen) atoms. The number of ether oxygens (including phenoxy) is 3. The van der Waals surface area contributed by atoms with Gasteiger partial charge in [0.15, 0.2) is 0 Å². The van der Waals surface area contributed by atoms with E-state index < -0.39 is 0 Å². The minimum Gasteiger partial charge on any atom is -0.497 e. The van der Waals surface area contributed by atoms with E-state index in [-0.39, 0.29) is 11.8 Å². The molecule has 0 radical (unpaired) electrons. The van der Waals surface area contributed by atoms with Crippen LogP contribution in [0.25, 0.3) is 0 Å². The number of methoxy groups -OCH3 is 3. The van der Waals surface area contributed by atoms with E-state index in [0.29, 0.717) is 47.9 Å². The van der Waals surface area contributed by atoms with Gasteiger partial charge in [-0.25, -0.2) is 0 Å². The zero-order valence-electron chi connectivity index (χ0n) is 23.4. The zero-order valence-corrected chi connectivity index (χ0v) is 23.4. The molecular formula is C31H38N4O5. The second kappa shape index (κ2) is 14.3. The fraction of sp³-hybridized carbons (Fsp3) is 0.355. The molecule has 3 aromatic carbocycles. The van der Waals surface area contributed by atoms with Gasteiger partial charge in [-0.2, -0.15) is 0 Å². The van der Waals surface area contributed by atoms with E-state index >= 15 is 0 Å². The zero-order chi connectivity index (χ0) is 28.3. The number of nitrogens with zero attached hydrogens (tertiary/aromatic N) is 2. The minimum atomic E-state index is -0.340. The summed E-state index contributed by atoms with van der Waals surface area (Å²) in [7, 11) is 4.70. The van der Waals surface area contributed by atoms with Gasteiger partial charge in [0.05, 0.1) is 25.3 Å². The number of anilines is 2. The van der Waals surface area contributed by atoms with E-state index in [1.807, 2.05) is 18.2 Å². The molecule has 2 amide bonds. The Hall–Kier alpha value is -4.08. The summed E-state index contributed by atoms with van der Waals surface area (Å²) in [5.41, 5.74) is 3.56. The fourth-order valence-electron chi connectivity index (χ4n) is 4.76. The van der Waals surface area contributed by atoms with Crippen LogP contribution in [0.4, 0.5) is 11.4 Å². The van der Waals surface area contributed by atoms with Crippen molar-refractivity contribution in [1.82, 2.24) is 10.2 Å². The number of carbonyl (C=O) groups is 2. The summed E-state index contributed by atoms with van der Waals surface area (Å²) < 4.78 is 15.7. The van der Waals surface area contributed by atoms with Gasteiger partial charge in [-0.3, -0.25) is 14.5 Å². The summed E-state index contributed by atoms with van der Waals surface area (Å²) in [4.78, 5) is 31.1. The third-order valence-electron chi connectivity index (χ3n) is 6.93. The lowest BCUT2D eigenvalue weighted by Gasteiger charge is -2.37. The minimum absolute atomic E-state index is 0.184. The van der Waals surface area contributed by atoms with Crippen molar-refractivity contribution in [3.63, 3.8) is 0 Å². The highest BCUT2D eigenvalue weighted by molar-refractivity contribution is 6.08. The van der Waals surface area contributed by atoms with Gasteiger partial charge in [-0.15, -0.1) is 0 Å². The maximum Gasteiger partial charge on any atom is 0.259 e. The van der Waals surface area contributed by atoms with Gasteiger partial charge < -0.3 is 29.7 Å². The fourth-order valence-corrected chi connectivity index (χ4v) is 4.76. The van der Waals surface area contributed by atoms with Crippen LogP contribution in [-0.2, 0) is 11.3 Å². The summed E-state index contributed by atoms with van der Waals surface area (Å²) in [6.07, 6.45) is 0.712. The Kier molecular flexibility index (Phi) is 10.4. The molecule has 0 atom stereocenters. The molecule has 0 spiro atoms. The van der Waals surface area contributed by atoms with Gasteiger partial charge in [0.25, 0.3) is 11.8 Å². The second-order valence-corrected chi connectivity index (χ2v) is 9.60. The van der Waals surface area contributed by atoms with E-state index in [0.717, 1.165) is 38.4 Å². The number of nitrogens with one attached hydrogen (secondary N) is 2. The number of rotatable bonds is 12. The van der Waals surface area contributed by atoms with Crippen molar-refractivity contribution in [2.75, 3.05) is 70.9 Å². The van der Waals surface area contributed by atoms with E-state index in [1.165, 1.54) is 12.7 Å². The molecule has 0 saturated carbocycles. The molecule has 4 rings (SSSR count). The Labute approximate surface area is 236 Å². The summed E-state index contributed by atoms with van der Waals surface area (Å²) >= 11 is 0. The molecule has 0 aromatic heterocycles. The predicted octanol–water partition coefficient (Wildman–Crippen LogP) is 4.04. The highest BCUT2D eigenvalue weighted by Crippen LogP contribution is 2.28. The molecule has 3 aromatic rings. The first-order valence-electron chi connectivity index (χ1n) is 13.5. The Balaban J connectivity index is 1.51.